The van der Waals surface area contributed by atoms with Crippen molar-refractivity contribution >= 4 is 29.4 Å². The second-order valence-electron chi connectivity index (χ2n) is 5.11. The third kappa shape index (κ3) is 3.80. The van der Waals surface area contributed by atoms with Crippen LogP contribution < -0.4 is 10.6 Å². The van der Waals surface area contributed by atoms with Crippen molar-refractivity contribution in [3.8, 4) is 0 Å². The fraction of sp³-hybridized carbons (Fsp3) is 0.267. The molecule has 3 heterocycles. The van der Waals surface area contributed by atoms with E-state index >= 15 is 0 Å². The fourth-order valence-corrected chi connectivity index (χ4v) is 3.01. The standard InChI is InChI=1S/C15H16N6O2S/c1-9(2)23-13(22)12-11(10-4-7-16-8-19-10)20-15(24-12)21-14-17-5-3-6-18-14/h3-9,15,20H,1-2H3,(H,17,18,21). The first-order chi connectivity index (χ1) is 11.6. The molecule has 2 N–H and O–H groups in total. The average molecular weight is 344 g/mol. The van der Waals surface area contributed by atoms with Crippen LogP contribution in [0, 0.1) is 0 Å². The number of nitrogens with one attached hydrogen (secondary N) is 2. The van der Waals surface area contributed by atoms with Gasteiger partial charge in [-0.15, -0.1) is 0 Å². The summed E-state index contributed by atoms with van der Waals surface area (Å²) in [6.07, 6.45) is 6.13. The molecule has 9 heteroatoms. The van der Waals surface area contributed by atoms with Gasteiger partial charge in [0.2, 0.25) is 5.95 Å². The molecule has 2 aromatic heterocycles. The van der Waals surface area contributed by atoms with E-state index in [2.05, 4.69) is 30.6 Å². The normalized spacial score (nSPS) is 16.9. The van der Waals surface area contributed by atoms with Gasteiger partial charge in [-0.3, -0.25) is 0 Å². The van der Waals surface area contributed by atoms with Crippen LogP contribution in [0.3, 0.4) is 0 Å². The number of carbonyl (C=O) groups excluding carboxylic acids is 1. The molecule has 0 amide bonds. The Hall–Kier alpha value is -2.68. The van der Waals surface area contributed by atoms with E-state index in [-0.39, 0.29) is 11.6 Å². The molecule has 1 aliphatic rings. The smallest absolute Gasteiger partial charge is 0.347 e. The molecule has 0 fully saturated rings. The number of nitrogens with zero attached hydrogens (tertiary/aromatic N) is 4. The lowest BCUT2D eigenvalue weighted by Gasteiger charge is -2.13. The Labute approximate surface area is 143 Å². The molecule has 0 radical (unpaired) electrons. The summed E-state index contributed by atoms with van der Waals surface area (Å²) in [5.74, 6) is 0.0670. The van der Waals surface area contributed by atoms with E-state index in [0.717, 1.165) is 0 Å². The van der Waals surface area contributed by atoms with Gasteiger partial charge in [0, 0.05) is 18.6 Å². The van der Waals surface area contributed by atoms with Gasteiger partial charge in [0.15, 0.2) is 5.50 Å². The molecule has 0 saturated carbocycles. The van der Waals surface area contributed by atoms with Gasteiger partial charge < -0.3 is 15.4 Å². The van der Waals surface area contributed by atoms with E-state index in [1.807, 2.05) is 13.8 Å². The zero-order valence-corrected chi connectivity index (χ0v) is 13.9. The van der Waals surface area contributed by atoms with Crippen LogP contribution in [-0.4, -0.2) is 37.5 Å². The van der Waals surface area contributed by atoms with E-state index in [9.17, 15) is 4.79 Å². The lowest BCUT2D eigenvalue weighted by atomic mass is 10.3. The number of anilines is 1. The van der Waals surface area contributed by atoms with Gasteiger partial charge in [0.05, 0.1) is 17.5 Å². The lowest BCUT2D eigenvalue weighted by Crippen LogP contribution is -2.29. The van der Waals surface area contributed by atoms with Crippen LogP contribution in [0.25, 0.3) is 5.70 Å². The Bertz CT molecular complexity index is 738. The highest BCUT2D eigenvalue weighted by atomic mass is 32.2. The van der Waals surface area contributed by atoms with Gasteiger partial charge in [0.25, 0.3) is 0 Å². The molecule has 3 rings (SSSR count). The van der Waals surface area contributed by atoms with Crippen LogP contribution in [0.4, 0.5) is 5.95 Å². The predicted molar refractivity (Wildman–Crippen MR) is 90.3 cm³/mol. The number of ether oxygens (including phenoxy) is 1. The van der Waals surface area contributed by atoms with E-state index in [1.165, 1.54) is 18.1 Å². The first kappa shape index (κ1) is 16.2. The Morgan fingerprint density at radius 2 is 2.08 bits per heavy atom. The third-order valence-electron chi connectivity index (χ3n) is 2.93. The molecule has 8 nitrogen and oxygen atoms in total. The van der Waals surface area contributed by atoms with E-state index < -0.39 is 5.97 Å². The van der Waals surface area contributed by atoms with Crippen molar-refractivity contribution in [3.63, 3.8) is 0 Å². The maximum Gasteiger partial charge on any atom is 0.347 e. The Kier molecular flexibility index (Phi) is 4.90. The van der Waals surface area contributed by atoms with Crippen LogP contribution in [0.15, 0.2) is 42.0 Å². The van der Waals surface area contributed by atoms with Gasteiger partial charge in [0.1, 0.15) is 11.2 Å². The van der Waals surface area contributed by atoms with E-state index in [4.69, 9.17) is 4.74 Å². The van der Waals surface area contributed by atoms with Gasteiger partial charge in [-0.25, -0.2) is 24.7 Å². The molecular formula is C15H16N6O2S. The summed E-state index contributed by atoms with van der Waals surface area (Å²) in [4.78, 5) is 29.2. The Balaban J connectivity index is 1.83. The molecule has 2 aromatic rings. The summed E-state index contributed by atoms with van der Waals surface area (Å²) >= 11 is 1.30. The molecule has 0 saturated heterocycles. The topological polar surface area (TPSA) is 102 Å². The second kappa shape index (κ2) is 7.26. The van der Waals surface area contributed by atoms with Crippen LogP contribution >= 0.6 is 11.8 Å². The maximum atomic E-state index is 12.4. The minimum atomic E-state index is -0.394. The highest BCUT2D eigenvalue weighted by Crippen LogP contribution is 2.35. The highest BCUT2D eigenvalue weighted by Gasteiger charge is 2.32. The monoisotopic (exact) mass is 344 g/mol. The summed E-state index contributed by atoms with van der Waals surface area (Å²) in [5, 5.41) is 6.34. The van der Waals surface area contributed by atoms with Crippen LogP contribution in [-0.2, 0) is 9.53 Å². The van der Waals surface area contributed by atoms with Crippen molar-refractivity contribution in [3.05, 3.63) is 47.6 Å². The highest BCUT2D eigenvalue weighted by molar-refractivity contribution is 8.05. The zero-order valence-electron chi connectivity index (χ0n) is 13.1. The van der Waals surface area contributed by atoms with Crippen LogP contribution in [0.1, 0.15) is 19.5 Å². The zero-order chi connectivity index (χ0) is 16.9. The van der Waals surface area contributed by atoms with Crippen LogP contribution in [0.5, 0.6) is 0 Å². The van der Waals surface area contributed by atoms with Gasteiger partial charge in [-0.1, -0.05) is 11.8 Å². The summed E-state index contributed by atoms with van der Waals surface area (Å²) in [5.41, 5.74) is 0.903. The van der Waals surface area contributed by atoms with E-state index in [0.29, 0.717) is 22.2 Å². The number of aromatic nitrogens is 4. The molecule has 0 aliphatic carbocycles. The fourth-order valence-electron chi connectivity index (χ4n) is 2.01. The van der Waals surface area contributed by atoms with Crippen molar-refractivity contribution < 1.29 is 9.53 Å². The quantitative estimate of drug-likeness (QED) is 0.783. The van der Waals surface area contributed by atoms with Crippen molar-refractivity contribution in [1.29, 1.82) is 0 Å². The molecule has 124 valence electrons. The Morgan fingerprint density at radius 3 is 2.75 bits per heavy atom. The van der Waals surface area contributed by atoms with Crippen LogP contribution in [0.2, 0.25) is 0 Å². The van der Waals surface area contributed by atoms with Crippen molar-refractivity contribution in [1.82, 2.24) is 25.3 Å². The number of hydrogen-bond acceptors (Lipinski definition) is 9. The largest absolute Gasteiger partial charge is 0.459 e. The second-order valence-corrected chi connectivity index (χ2v) is 6.23. The van der Waals surface area contributed by atoms with Crippen molar-refractivity contribution in [2.24, 2.45) is 0 Å². The summed E-state index contributed by atoms with van der Waals surface area (Å²) in [6, 6.07) is 3.46. The summed E-state index contributed by atoms with van der Waals surface area (Å²) < 4.78 is 5.32. The summed E-state index contributed by atoms with van der Waals surface area (Å²) in [7, 11) is 0. The minimum Gasteiger partial charge on any atom is -0.459 e. The van der Waals surface area contributed by atoms with Crippen molar-refractivity contribution in [2.75, 3.05) is 5.32 Å². The first-order valence-electron chi connectivity index (χ1n) is 7.32. The van der Waals surface area contributed by atoms with Gasteiger partial charge in [-0.2, -0.15) is 0 Å². The average Bonchev–Trinajstić information content (AvgIpc) is 3.00. The molecular weight excluding hydrogens is 328 g/mol. The number of carbonyl (C=O) groups is 1. The molecule has 1 aliphatic heterocycles. The van der Waals surface area contributed by atoms with Crippen molar-refractivity contribution in [2.45, 2.75) is 25.4 Å². The minimum absolute atomic E-state index is 0.207. The van der Waals surface area contributed by atoms with E-state index in [1.54, 1.807) is 30.7 Å². The number of hydrogen-bond donors (Lipinski definition) is 2. The number of thioether (sulfide) groups is 1. The van der Waals surface area contributed by atoms with Gasteiger partial charge >= 0.3 is 5.97 Å². The molecule has 0 aromatic carbocycles. The predicted octanol–water partition coefficient (Wildman–Crippen LogP) is 1.62. The molecule has 24 heavy (non-hydrogen) atoms. The van der Waals surface area contributed by atoms with Gasteiger partial charge in [-0.05, 0) is 26.0 Å². The SMILES string of the molecule is CC(C)OC(=O)C1=C(c2ccncn2)NC(Nc2ncccn2)S1. The lowest BCUT2D eigenvalue weighted by molar-refractivity contribution is -0.141. The number of rotatable bonds is 5. The summed E-state index contributed by atoms with van der Waals surface area (Å²) in [6.45, 7) is 3.62. The maximum absolute atomic E-state index is 12.4. The molecule has 0 spiro atoms. The number of esters is 1. The first-order valence-corrected chi connectivity index (χ1v) is 8.20. The Morgan fingerprint density at radius 1 is 1.29 bits per heavy atom. The third-order valence-corrected chi connectivity index (χ3v) is 4.01. The molecule has 1 atom stereocenters. The molecule has 0 bridgehead atoms. The molecule has 1 unspecified atom stereocenters.